The van der Waals surface area contributed by atoms with Crippen LogP contribution < -0.4 is 0 Å². The third-order valence-electron chi connectivity index (χ3n) is 1.88. The van der Waals surface area contributed by atoms with Crippen molar-refractivity contribution in [3.8, 4) is 0 Å². The zero-order valence-corrected chi connectivity index (χ0v) is 5.14. The molecule has 2 heteroatoms. The van der Waals surface area contributed by atoms with Crippen LogP contribution in [-0.2, 0) is 9.53 Å². The molecule has 2 aliphatic rings. The summed E-state index contributed by atoms with van der Waals surface area (Å²) in [7, 11) is 0. The third-order valence-corrected chi connectivity index (χ3v) is 1.88. The monoisotopic (exact) mass is 124 g/mol. The number of ether oxygens (including phenoxy) is 1. The molecule has 0 bridgehead atoms. The van der Waals surface area contributed by atoms with Crippen LogP contribution in [0.5, 0.6) is 0 Å². The number of rotatable bonds is 0. The van der Waals surface area contributed by atoms with Gasteiger partial charge in [0.05, 0.1) is 0 Å². The van der Waals surface area contributed by atoms with Gasteiger partial charge in [-0.1, -0.05) is 0 Å². The summed E-state index contributed by atoms with van der Waals surface area (Å²) in [5.41, 5.74) is 0.968. The van der Waals surface area contributed by atoms with Gasteiger partial charge in [-0.15, -0.1) is 0 Å². The van der Waals surface area contributed by atoms with Gasteiger partial charge < -0.3 is 4.74 Å². The van der Waals surface area contributed by atoms with E-state index in [1.807, 2.05) is 0 Å². The molecule has 2 rings (SSSR count). The van der Waals surface area contributed by atoms with Gasteiger partial charge in [0.1, 0.15) is 5.76 Å². The van der Waals surface area contributed by atoms with Crippen LogP contribution in [0.1, 0.15) is 19.3 Å². The van der Waals surface area contributed by atoms with Crippen molar-refractivity contribution in [3.05, 3.63) is 11.3 Å². The molecule has 0 amide bonds. The van der Waals surface area contributed by atoms with Crippen LogP contribution in [0.15, 0.2) is 11.3 Å². The summed E-state index contributed by atoms with van der Waals surface area (Å²) in [6, 6.07) is 0. The lowest BCUT2D eigenvalue weighted by Gasteiger charge is -1.94. The molecule has 0 saturated carbocycles. The number of ketones is 1. The van der Waals surface area contributed by atoms with Crippen molar-refractivity contribution >= 4 is 5.78 Å². The van der Waals surface area contributed by atoms with Gasteiger partial charge in [0.2, 0.25) is 0 Å². The van der Waals surface area contributed by atoms with Gasteiger partial charge >= 0.3 is 0 Å². The van der Waals surface area contributed by atoms with Crippen molar-refractivity contribution in [2.24, 2.45) is 0 Å². The van der Waals surface area contributed by atoms with Crippen molar-refractivity contribution in [2.45, 2.75) is 19.3 Å². The first-order valence-electron chi connectivity index (χ1n) is 3.26. The summed E-state index contributed by atoms with van der Waals surface area (Å²) in [5, 5.41) is 0. The number of carbonyl (C=O) groups excluding carboxylic acids is 1. The van der Waals surface area contributed by atoms with Gasteiger partial charge in [-0.3, -0.25) is 4.79 Å². The van der Waals surface area contributed by atoms with Gasteiger partial charge in [-0.2, -0.15) is 0 Å². The smallest absolute Gasteiger partial charge is 0.199 e. The SMILES string of the molecule is O=C1COC2=C1CCC2. The van der Waals surface area contributed by atoms with E-state index in [0.717, 1.165) is 30.6 Å². The topological polar surface area (TPSA) is 26.3 Å². The number of hydrogen-bond donors (Lipinski definition) is 0. The second-order valence-corrected chi connectivity index (χ2v) is 2.47. The summed E-state index contributed by atoms with van der Waals surface area (Å²) >= 11 is 0. The van der Waals surface area contributed by atoms with Crippen molar-refractivity contribution in [1.29, 1.82) is 0 Å². The lowest BCUT2D eigenvalue weighted by Crippen LogP contribution is -2.00. The zero-order valence-electron chi connectivity index (χ0n) is 5.14. The molecule has 0 aromatic rings. The molecule has 0 N–H and O–H groups in total. The second-order valence-electron chi connectivity index (χ2n) is 2.47. The van der Waals surface area contributed by atoms with E-state index in [9.17, 15) is 4.79 Å². The molecular formula is C7H8O2. The molecular weight excluding hydrogens is 116 g/mol. The van der Waals surface area contributed by atoms with Crippen LogP contribution in [0.4, 0.5) is 0 Å². The average molecular weight is 124 g/mol. The van der Waals surface area contributed by atoms with E-state index in [0.29, 0.717) is 6.61 Å². The van der Waals surface area contributed by atoms with E-state index < -0.39 is 0 Å². The predicted octanol–water partition coefficient (Wildman–Crippen LogP) is 1.02. The molecule has 0 aromatic heterocycles. The Morgan fingerprint density at radius 3 is 3.00 bits per heavy atom. The first-order valence-corrected chi connectivity index (χ1v) is 3.26. The maximum atomic E-state index is 10.9. The number of carbonyl (C=O) groups is 1. The van der Waals surface area contributed by atoms with Crippen LogP contribution in [0.3, 0.4) is 0 Å². The molecule has 48 valence electrons. The number of Topliss-reactive ketones (excluding diaryl/α,β-unsaturated/α-hetero) is 1. The van der Waals surface area contributed by atoms with Gasteiger partial charge in [0, 0.05) is 12.0 Å². The minimum absolute atomic E-state index is 0.211. The molecule has 2 nitrogen and oxygen atoms in total. The molecule has 0 atom stereocenters. The first kappa shape index (κ1) is 5.03. The van der Waals surface area contributed by atoms with Crippen LogP contribution in [0.25, 0.3) is 0 Å². The van der Waals surface area contributed by atoms with E-state index in [4.69, 9.17) is 4.74 Å². The Bertz CT molecular complexity index is 191. The summed E-state index contributed by atoms with van der Waals surface area (Å²) in [6.07, 6.45) is 3.05. The second kappa shape index (κ2) is 1.59. The minimum Gasteiger partial charge on any atom is -0.489 e. The molecule has 0 radical (unpaired) electrons. The average Bonchev–Trinajstić information content (AvgIpc) is 2.35. The van der Waals surface area contributed by atoms with Crippen LogP contribution >= 0.6 is 0 Å². The fourth-order valence-corrected chi connectivity index (χ4v) is 1.41. The van der Waals surface area contributed by atoms with E-state index in [-0.39, 0.29) is 5.78 Å². The largest absolute Gasteiger partial charge is 0.489 e. The van der Waals surface area contributed by atoms with Gasteiger partial charge in [0.15, 0.2) is 12.4 Å². The highest BCUT2D eigenvalue weighted by molar-refractivity contribution is 5.99. The molecule has 1 aliphatic carbocycles. The highest BCUT2D eigenvalue weighted by atomic mass is 16.5. The molecule has 1 aliphatic heterocycles. The van der Waals surface area contributed by atoms with Crippen molar-refractivity contribution in [1.82, 2.24) is 0 Å². The lowest BCUT2D eigenvalue weighted by molar-refractivity contribution is -0.116. The maximum Gasteiger partial charge on any atom is 0.199 e. The third kappa shape index (κ3) is 0.590. The molecule has 9 heavy (non-hydrogen) atoms. The Balaban J connectivity index is 2.34. The summed E-state index contributed by atoms with van der Waals surface area (Å²) < 4.78 is 5.12. The molecule has 0 aromatic carbocycles. The minimum atomic E-state index is 0.211. The highest BCUT2D eigenvalue weighted by Gasteiger charge is 2.27. The van der Waals surface area contributed by atoms with Crippen LogP contribution in [-0.4, -0.2) is 12.4 Å². The van der Waals surface area contributed by atoms with Crippen molar-refractivity contribution < 1.29 is 9.53 Å². The molecule has 0 saturated heterocycles. The Morgan fingerprint density at radius 1 is 1.33 bits per heavy atom. The zero-order chi connectivity index (χ0) is 6.27. The molecule has 1 heterocycles. The van der Waals surface area contributed by atoms with E-state index in [1.54, 1.807) is 0 Å². The number of hydrogen-bond acceptors (Lipinski definition) is 2. The maximum absolute atomic E-state index is 10.9. The Morgan fingerprint density at radius 2 is 2.22 bits per heavy atom. The standard InChI is InChI=1S/C7H8O2/c8-6-4-9-7-3-1-2-5(6)7/h1-4H2. The fourth-order valence-electron chi connectivity index (χ4n) is 1.41. The number of allylic oxidation sites excluding steroid dienone is 1. The van der Waals surface area contributed by atoms with E-state index >= 15 is 0 Å². The predicted molar refractivity (Wildman–Crippen MR) is 31.8 cm³/mol. The molecule has 0 spiro atoms. The normalized spacial score (nSPS) is 24.7. The Hall–Kier alpha value is -0.790. The van der Waals surface area contributed by atoms with Gasteiger partial charge in [-0.05, 0) is 12.8 Å². The van der Waals surface area contributed by atoms with Crippen molar-refractivity contribution in [2.75, 3.05) is 6.61 Å². The van der Waals surface area contributed by atoms with Crippen LogP contribution in [0, 0.1) is 0 Å². The Kier molecular flexibility index (Phi) is 0.891. The quantitative estimate of drug-likeness (QED) is 0.482. The summed E-state index contributed by atoms with van der Waals surface area (Å²) in [5.74, 6) is 1.18. The lowest BCUT2D eigenvalue weighted by atomic mass is 10.2. The summed E-state index contributed by atoms with van der Waals surface area (Å²) in [6.45, 7) is 0.310. The van der Waals surface area contributed by atoms with Crippen LogP contribution in [0.2, 0.25) is 0 Å². The van der Waals surface area contributed by atoms with Gasteiger partial charge in [0.25, 0.3) is 0 Å². The fraction of sp³-hybridized carbons (Fsp3) is 0.571. The van der Waals surface area contributed by atoms with E-state index in [1.165, 1.54) is 0 Å². The van der Waals surface area contributed by atoms with Crippen molar-refractivity contribution in [3.63, 3.8) is 0 Å². The first-order chi connectivity index (χ1) is 4.38. The van der Waals surface area contributed by atoms with Gasteiger partial charge in [-0.25, -0.2) is 0 Å². The molecule has 0 unspecified atom stereocenters. The molecule has 0 fully saturated rings. The Labute approximate surface area is 53.5 Å². The van der Waals surface area contributed by atoms with E-state index in [2.05, 4.69) is 0 Å². The highest BCUT2D eigenvalue weighted by Crippen LogP contribution is 2.31. The summed E-state index contributed by atoms with van der Waals surface area (Å²) in [4.78, 5) is 10.9.